The van der Waals surface area contributed by atoms with E-state index in [0.29, 0.717) is 21.7 Å². The van der Waals surface area contributed by atoms with Gasteiger partial charge in [-0.1, -0.05) is 59.8 Å². The maximum absolute atomic E-state index is 12.1. The first kappa shape index (κ1) is 17.3. The minimum absolute atomic E-state index is 0.162. The van der Waals surface area contributed by atoms with E-state index in [1.165, 1.54) is 16.4 Å². The third-order valence-electron chi connectivity index (χ3n) is 3.48. The van der Waals surface area contributed by atoms with Gasteiger partial charge in [0.1, 0.15) is 0 Å². The highest BCUT2D eigenvalue weighted by Gasteiger charge is 2.13. The van der Waals surface area contributed by atoms with Crippen molar-refractivity contribution in [3.05, 3.63) is 59.1 Å². The van der Waals surface area contributed by atoms with E-state index in [9.17, 15) is 4.79 Å². The molecule has 0 radical (unpaired) electrons. The number of hydrogen-bond acceptors (Lipinski definition) is 5. The summed E-state index contributed by atoms with van der Waals surface area (Å²) in [6.07, 6.45) is 0. The number of rotatable bonds is 5. The molecule has 0 aliphatic heterocycles. The Balaban J connectivity index is 1.63. The number of halogens is 1. The Kier molecular flexibility index (Phi) is 5.25. The summed E-state index contributed by atoms with van der Waals surface area (Å²) in [6.45, 7) is 1.90. The van der Waals surface area contributed by atoms with Gasteiger partial charge in [0, 0.05) is 16.3 Å². The number of aryl methyl sites for hydroxylation is 1. The van der Waals surface area contributed by atoms with Gasteiger partial charge in [-0.15, -0.1) is 10.2 Å². The molecular formula is C17H16ClN5OS. The SMILES string of the molecule is Cc1ccc(NC(=O)CSc2nnc(-c3ccccc3)n2N)cc1Cl. The molecule has 3 aromatic rings. The van der Waals surface area contributed by atoms with Crippen molar-refractivity contribution in [2.75, 3.05) is 16.9 Å². The van der Waals surface area contributed by atoms with Crippen LogP contribution in [0.2, 0.25) is 5.02 Å². The van der Waals surface area contributed by atoms with E-state index in [-0.39, 0.29) is 11.7 Å². The van der Waals surface area contributed by atoms with E-state index in [1.54, 1.807) is 6.07 Å². The zero-order valence-electron chi connectivity index (χ0n) is 13.4. The van der Waals surface area contributed by atoms with Crippen molar-refractivity contribution < 1.29 is 4.79 Å². The van der Waals surface area contributed by atoms with Gasteiger partial charge in [-0.3, -0.25) is 4.79 Å². The van der Waals surface area contributed by atoms with Crippen LogP contribution in [0.3, 0.4) is 0 Å². The Labute approximate surface area is 154 Å². The number of carbonyl (C=O) groups is 1. The lowest BCUT2D eigenvalue weighted by molar-refractivity contribution is -0.113. The molecule has 3 N–H and O–H groups in total. The monoisotopic (exact) mass is 373 g/mol. The molecule has 128 valence electrons. The fourth-order valence-corrected chi connectivity index (χ4v) is 2.99. The molecule has 0 atom stereocenters. The molecule has 3 rings (SSSR count). The van der Waals surface area contributed by atoms with Gasteiger partial charge in [0.05, 0.1) is 5.75 Å². The number of benzene rings is 2. The predicted molar refractivity (Wildman–Crippen MR) is 101 cm³/mol. The van der Waals surface area contributed by atoms with Crippen LogP contribution in [0.5, 0.6) is 0 Å². The van der Waals surface area contributed by atoms with Crippen molar-refractivity contribution in [2.45, 2.75) is 12.1 Å². The molecule has 0 saturated heterocycles. The number of nitrogens with zero attached hydrogens (tertiary/aromatic N) is 3. The second kappa shape index (κ2) is 7.58. The quantitative estimate of drug-likeness (QED) is 0.529. The fourth-order valence-electron chi connectivity index (χ4n) is 2.16. The number of amides is 1. The van der Waals surface area contributed by atoms with Crippen molar-refractivity contribution in [1.82, 2.24) is 14.9 Å². The molecule has 1 amide bonds. The third-order valence-corrected chi connectivity index (χ3v) is 4.83. The van der Waals surface area contributed by atoms with Crippen LogP contribution in [0.25, 0.3) is 11.4 Å². The molecule has 0 unspecified atom stereocenters. The molecule has 1 aromatic heterocycles. The average Bonchev–Trinajstić information content (AvgIpc) is 2.98. The van der Waals surface area contributed by atoms with Gasteiger partial charge in [0.25, 0.3) is 0 Å². The number of nitrogens with one attached hydrogen (secondary N) is 1. The third kappa shape index (κ3) is 4.12. The second-order valence-corrected chi connectivity index (χ2v) is 6.69. The molecule has 1 heterocycles. The van der Waals surface area contributed by atoms with E-state index in [0.717, 1.165) is 11.1 Å². The van der Waals surface area contributed by atoms with E-state index < -0.39 is 0 Å². The molecule has 0 aliphatic carbocycles. The molecule has 25 heavy (non-hydrogen) atoms. The summed E-state index contributed by atoms with van der Waals surface area (Å²) in [6, 6.07) is 14.9. The first-order chi connectivity index (χ1) is 12.0. The molecule has 6 nitrogen and oxygen atoms in total. The highest BCUT2D eigenvalue weighted by atomic mass is 35.5. The van der Waals surface area contributed by atoms with Gasteiger partial charge < -0.3 is 11.2 Å². The van der Waals surface area contributed by atoms with Crippen LogP contribution in [-0.4, -0.2) is 26.5 Å². The Morgan fingerprint density at radius 3 is 2.72 bits per heavy atom. The van der Waals surface area contributed by atoms with Crippen molar-refractivity contribution in [2.24, 2.45) is 0 Å². The summed E-state index contributed by atoms with van der Waals surface area (Å²) in [5.41, 5.74) is 2.47. The number of hydrogen-bond donors (Lipinski definition) is 2. The molecule has 0 bridgehead atoms. The van der Waals surface area contributed by atoms with Crippen LogP contribution < -0.4 is 11.2 Å². The molecule has 2 aromatic carbocycles. The van der Waals surface area contributed by atoms with E-state index in [1.807, 2.05) is 49.4 Å². The van der Waals surface area contributed by atoms with Crippen LogP contribution in [0, 0.1) is 6.92 Å². The van der Waals surface area contributed by atoms with Gasteiger partial charge >= 0.3 is 0 Å². The van der Waals surface area contributed by atoms with Crippen LogP contribution in [0.15, 0.2) is 53.7 Å². The van der Waals surface area contributed by atoms with Gasteiger partial charge in [-0.05, 0) is 24.6 Å². The normalized spacial score (nSPS) is 10.6. The lowest BCUT2D eigenvalue weighted by atomic mass is 10.2. The van der Waals surface area contributed by atoms with E-state index in [2.05, 4.69) is 15.5 Å². The maximum Gasteiger partial charge on any atom is 0.234 e. The van der Waals surface area contributed by atoms with Crippen LogP contribution >= 0.6 is 23.4 Å². The van der Waals surface area contributed by atoms with Crippen LogP contribution in [0.4, 0.5) is 5.69 Å². The van der Waals surface area contributed by atoms with Gasteiger partial charge in [0.2, 0.25) is 11.1 Å². The van der Waals surface area contributed by atoms with Gasteiger partial charge in [-0.2, -0.15) is 0 Å². The summed E-state index contributed by atoms with van der Waals surface area (Å²) >= 11 is 7.27. The zero-order valence-corrected chi connectivity index (χ0v) is 15.0. The number of aromatic nitrogens is 3. The molecular weight excluding hydrogens is 358 g/mol. The van der Waals surface area contributed by atoms with Gasteiger partial charge in [0.15, 0.2) is 5.82 Å². The Hall–Kier alpha value is -2.51. The number of anilines is 1. The average molecular weight is 374 g/mol. The molecule has 0 aliphatic rings. The largest absolute Gasteiger partial charge is 0.335 e. The van der Waals surface area contributed by atoms with E-state index >= 15 is 0 Å². The van der Waals surface area contributed by atoms with E-state index in [4.69, 9.17) is 17.4 Å². The first-order valence-corrected chi connectivity index (χ1v) is 8.85. The van der Waals surface area contributed by atoms with Crippen molar-refractivity contribution in [3.8, 4) is 11.4 Å². The second-order valence-electron chi connectivity index (χ2n) is 5.34. The smallest absolute Gasteiger partial charge is 0.234 e. The number of nitrogens with two attached hydrogens (primary N) is 1. The lowest BCUT2D eigenvalue weighted by Crippen LogP contribution is -2.16. The predicted octanol–water partition coefficient (Wildman–Crippen LogP) is 3.35. The Morgan fingerprint density at radius 1 is 1.24 bits per heavy atom. The minimum Gasteiger partial charge on any atom is -0.335 e. The highest BCUT2D eigenvalue weighted by Crippen LogP contribution is 2.22. The maximum atomic E-state index is 12.1. The minimum atomic E-state index is -0.172. The van der Waals surface area contributed by atoms with Crippen molar-refractivity contribution in [3.63, 3.8) is 0 Å². The fraction of sp³-hybridized carbons (Fsp3) is 0.118. The molecule has 0 spiro atoms. The van der Waals surface area contributed by atoms with Gasteiger partial charge in [-0.25, -0.2) is 4.68 Å². The first-order valence-electron chi connectivity index (χ1n) is 7.49. The molecule has 0 saturated carbocycles. The van der Waals surface area contributed by atoms with Crippen molar-refractivity contribution in [1.29, 1.82) is 0 Å². The van der Waals surface area contributed by atoms with Crippen LogP contribution in [0.1, 0.15) is 5.56 Å². The number of thioether (sulfide) groups is 1. The Morgan fingerprint density at radius 2 is 2.00 bits per heavy atom. The summed E-state index contributed by atoms with van der Waals surface area (Å²) in [5, 5.41) is 12.0. The molecule has 0 fully saturated rings. The van der Waals surface area contributed by atoms with Crippen molar-refractivity contribution >= 4 is 35.0 Å². The zero-order chi connectivity index (χ0) is 17.8. The topological polar surface area (TPSA) is 85.8 Å². The number of carbonyl (C=O) groups excluding carboxylic acids is 1. The summed E-state index contributed by atoms with van der Waals surface area (Å²) in [4.78, 5) is 12.1. The Bertz CT molecular complexity index is 897. The number of nitrogen functional groups attached to an aromatic ring is 1. The highest BCUT2D eigenvalue weighted by molar-refractivity contribution is 7.99. The van der Waals surface area contributed by atoms with Crippen LogP contribution in [-0.2, 0) is 4.79 Å². The lowest BCUT2D eigenvalue weighted by Gasteiger charge is -2.07. The summed E-state index contributed by atoms with van der Waals surface area (Å²) in [5.74, 6) is 6.57. The molecule has 8 heteroatoms. The standard InChI is InChI=1S/C17H16ClN5OS/c1-11-7-8-13(9-14(11)18)20-15(24)10-25-17-22-21-16(23(17)19)12-5-3-2-4-6-12/h2-9H,10,19H2,1H3,(H,20,24). The summed E-state index contributed by atoms with van der Waals surface area (Å²) in [7, 11) is 0. The summed E-state index contributed by atoms with van der Waals surface area (Å²) < 4.78 is 1.38.